The monoisotopic (exact) mass is 208 g/mol. The molecule has 0 amide bonds. The Morgan fingerprint density at radius 3 is 2.46 bits per heavy atom. The number of ether oxygens (including phenoxy) is 1. The van der Waals surface area contributed by atoms with E-state index in [-0.39, 0.29) is 24.7 Å². The average molecular weight is 208 g/mol. The zero-order valence-corrected chi connectivity index (χ0v) is 8.58. The molecule has 1 unspecified atom stereocenters. The molecule has 0 N–H and O–H groups in total. The van der Waals surface area contributed by atoms with Crippen molar-refractivity contribution < 1.29 is 23.1 Å². The van der Waals surface area contributed by atoms with Crippen LogP contribution in [0.25, 0.3) is 0 Å². The largest absolute Gasteiger partial charge is 0.465 e. The van der Waals surface area contributed by atoms with Gasteiger partial charge in [-0.15, -0.1) is 0 Å². The number of rotatable bonds is 3. The van der Waals surface area contributed by atoms with E-state index in [0.717, 1.165) is 0 Å². The highest BCUT2D eigenvalue weighted by molar-refractivity contribution is 7.54. The number of cyclic esters (lactones) is 1. The predicted octanol–water partition coefficient (Wildman–Crippen LogP) is 1.18. The molecule has 1 rings (SSSR count). The summed E-state index contributed by atoms with van der Waals surface area (Å²) in [6.07, 6.45) is 0.777. The van der Waals surface area contributed by atoms with Crippen LogP contribution in [0.1, 0.15) is 12.8 Å². The van der Waals surface area contributed by atoms with Crippen molar-refractivity contribution in [2.24, 2.45) is 0 Å². The lowest BCUT2D eigenvalue weighted by Gasteiger charge is -2.26. The van der Waals surface area contributed by atoms with Gasteiger partial charge in [-0.25, -0.2) is 0 Å². The molecular formula is C7H13O5P. The lowest BCUT2D eigenvalue weighted by molar-refractivity contribution is -0.146. The fourth-order valence-corrected chi connectivity index (χ4v) is 2.70. The van der Waals surface area contributed by atoms with E-state index in [9.17, 15) is 9.36 Å². The Kier molecular flexibility index (Phi) is 3.47. The van der Waals surface area contributed by atoms with E-state index in [1.165, 1.54) is 14.2 Å². The lowest BCUT2D eigenvalue weighted by atomic mass is 10.2. The van der Waals surface area contributed by atoms with Crippen LogP contribution in [0.2, 0.25) is 0 Å². The van der Waals surface area contributed by atoms with Gasteiger partial charge in [-0.1, -0.05) is 0 Å². The van der Waals surface area contributed by atoms with Crippen LogP contribution in [-0.2, 0) is 23.1 Å². The standard InChI is InChI=1S/C7H13O5P/c1-10-13(9,11-2)6-3-4-7(8)12-5-6/h6H,3-5H2,1-2H3. The Morgan fingerprint density at radius 2 is 2.08 bits per heavy atom. The molecule has 1 aliphatic heterocycles. The third-order valence-electron chi connectivity index (χ3n) is 2.07. The number of carbonyl (C=O) groups is 1. The summed E-state index contributed by atoms with van der Waals surface area (Å²) >= 11 is 0. The van der Waals surface area contributed by atoms with Gasteiger partial charge in [-0.3, -0.25) is 9.36 Å². The van der Waals surface area contributed by atoms with Crippen molar-refractivity contribution in [1.29, 1.82) is 0 Å². The summed E-state index contributed by atoms with van der Waals surface area (Å²) in [7, 11) is -0.392. The molecule has 1 fully saturated rings. The van der Waals surface area contributed by atoms with E-state index >= 15 is 0 Å². The molecule has 1 saturated heterocycles. The lowest BCUT2D eigenvalue weighted by Crippen LogP contribution is -2.27. The van der Waals surface area contributed by atoms with Crippen LogP contribution in [0.4, 0.5) is 0 Å². The minimum absolute atomic E-state index is 0.123. The third-order valence-corrected chi connectivity index (χ3v) is 4.39. The first kappa shape index (κ1) is 10.7. The van der Waals surface area contributed by atoms with Crippen LogP contribution in [0.3, 0.4) is 0 Å². The topological polar surface area (TPSA) is 61.8 Å². The molecule has 5 nitrogen and oxygen atoms in total. The Labute approximate surface area is 76.9 Å². The maximum atomic E-state index is 11.8. The minimum Gasteiger partial charge on any atom is -0.465 e. The van der Waals surface area contributed by atoms with Gasteiger partial charge < -0.3 is 13.8 Å². The molecule has 1 aliphatic rings. The molecule has 0 spiro atoms. The first-order valence-electron chi connectivity index (χ1n) is 3.99. The molecule has 76 valence electrons. The van der Waals surface area contributed by atoms with Crippen LogP contribution in [0, 0.1) is 0 Å². The van der Waals surface area contributed by atoms with Crippen molar-refractivity contribution in [2.45, 2.75) is 18.5 Å². The zero-order chi connectivity index (χ0) is 9.90. The zero-order valence-electron chi connectivity index (χ0n) is 7.69. The van der Waals surface area contributed by atoms with E-state index in [0.29, 0.717) is 6.42 Å². The van der Waals surface area contributed by atoms with Gasteiger partial charge in [0.15, 0.2) is 0 Å². The van der Waals surface area contributed by atoms with Crippen LogP contribution in [-0.4, -0.2) is 32.5 Å². The van der Waals surface area contributed by atoms with E-state index in [1.54, 1.807) is 0 Å². The summed E-state index contributed by atoms with van der Waals surface area (Å²) in [5.74, 6) is -0.255. The fraction of sp³-hybridized carbons (Fsp3) is 0.857. The van der Waals surface area contributed by atoms with Gasteiger partial charge in [0, 0.05) is 20.6 Å². The summed E-state index contributed by atoms with van der Waals surface area (Å²) in [4.78, 5) is 10.7. The Balaban J connectivity index is 2.61. The SMILES string of the molecule is COP(=O)(OC)C1CCC(=O)OC1. The van der Waals surface area contributed by atoms with Crippen molar-refractivity contribution in [1.82, 2.24) is 0 Å². The van der Waals surface area contributed by atoms with Crippen molar-refractivity contribution in [3.63, 3.8) is 0 Å². The molecule has 0 aromatic heterocycles. The fourth-order valence-electron chi connectivity index (χ4n) is 1.25. The van der Waals surface area contributed by atoms with Crippen molar-refractivity contribution in [3.8, 4) is 0 Å². The van der Waals surface area contributed by atoms with E-state index in [4.69, 9.17) is 13.8 Å². The van der Waals surface area contributed by atoms with Gasteiger partial charge in [0.05, 0.1) is 5.66 Å². The second kappa shape index (κ2) is 4.22. The van der Waals surface area contributed by atoms with E-state index in [1.807, 2.05) is 0 Å². The van der Waals surface area contributed by atoms with Crippen LogP contribution in [0.5, 0.6) is 0 Å². The number of hydrogen-bond acceptors (Lipinski definition) is 5. The Morgan fingerprint density at radius 1 is 1.46 bits per heavy atom. The molecule has 13 heavy (non-hydrogen) atoms. The first-order valence-corrected chi connectivity index (χ1v) is 5.60. The smallest absolute Gasteiger partial charge is 0.336 e. The molecular weight excluding hydrogens is 195 g/mol. The average Bonchev–Trinajstić information content (AvgIpc) is 2.18. The van der Waals surface area contributed by atoms with Crippen LogP contribution in [0.15, 0.2) is 0 Å². The quantitative estimate of drug-likeness (QED) is 0.514. The molecule has 1 heterocycles. The second-order valence-electron chi connectivity index (χ2n) is 2.78. The maximum Gasteiger partial charge on any atom is 0.336 e. The molecule has 0 aromatic rings. The Hall–Kier alpha value is -0.380. The Bertz CT molecular complexity index is 221. The number of esters is 1. The third kappa shape index (κ3) is 2.30. The minimum atomic E-state index is -3.06. The highest BCUT2D eigenvalue weighted by atomic mass is 31.2. The van der Waals surface area contributed by atoms with E-state index in [2.05, 4.69) is 0 Å². The van der Waals surface area contributed by atoms with Crippen molar-refractivity contribution in [3.05, 3.63) is 0 Å². The summed E-state index contributed by atoms with van der Waals surface area (Å²) < 4.78 is 26.2. The van der Waals surface area contributed by atoms with Crippen molar-refractivity contribution >= 4 is 13.6 Å². The van der Waals surface area contributed by atoms with Gasteiger partial charge in [0.2, 0.25) is 0 Å². The van der Waals surface area contributed by atoms with Crippen LogP contribution >= 0.6 is 7.60 Å². The summed E-state index contributed by atoms with van der Waals surface area (Å²) in [5.41, 5.74) is -0.319. The molecule has 0 aliphatic carbocycles. The highest BCUT2D eigenvalue weighted by Gasteiger charge is 2.37. The summed E-state index contributed by atoms with van der Waals surface area (Å²) in [6, 6.07) is 0. The molecule has 0 aromatic carbocycles. The van der Waals surface area contributed by atoms with Gasteiger partial charge in [-0.05, 0) is 6.42 Å². The van der Waals surface area contributed by atoms with Gasteiger partial charge in [0.25, 0.3) is 0 Å². The normalized spacial score (nSPS) is 24.2. The number of hydrogen-bond donors (Lipinski definition) is 0. The maximum absolute atomic E-state index is 11.8. The molecule has 0 bridgehead atoms. The van der Waals surface area contributed by atoms with Gasteiger partial charge in [0.1, 0.15) is 6.61 Å². The summed E-state index contributed by atoms with van der Waals surface area (Å²) in [6.45, 7) is 0.123. The molecule has 6 heteroatoms. The van der Waals surface area contributed by atoms with Crippen molar-refractivity contribution in [2.75, 3.05) is 20.8 Å². The molecule has 1 atom stereocenters. The van der Waals surface area contributed by atoms with Gasteiger partial charge in [-0.2, -0.15) is 0 Å². The van der Waals surface area contributed by atoms with Crippen LogP contribution < -0.4 is 0 Å². The second-order valence-corrected chi connectivity index (χ2v) is 5.32. The summed E-state index contributed by atoms with van der Waals surface area (Å²) in [5, 5.41) is 0. The van der Waals surface area contributed by atoms with Gasteiger partial charge >= 0.3 is 13.6 Å². The molecule has 0 saturated carbocycles. The highest BCUT2D eigenvalue weighted by Crippen LogP contribution is 2.53. The predicted molar refractivity (Wildman–Crippen MR) is 45.6 cm³/mol. The first-order chi connectivity index (χ1) is 6.12. The van der Waals surface area contributed by atoms with E-state index < -0.39 is 7.60 Å². The number of carbonyl (C=O) groups excluding carboxylic acids is 1. The molecule has 0 radical (unpaired) electrons.